The Morgan fingerprint density at radius 3 is 2.23 bits per heavy atom. The minimum atomic E-state index is -3.97. The molecule has 2 aromatic carbocycles. The highest BCUT2D eigenvalue weighted by Crippen LogP contribution is 2.15. The average Bonchev–Trinajstić information content (AvgIpc) is 2.82. The molecule has 3 aromatic rings. The van der Waals surface area contributed by atoms with E-state index in [4.69, 9.17) is 0 Å². The Hall–Kier alpha value is -3.57. The summed E-state index contributed by atoms with van der Waals surface area (Å²) in [6, 6.07) is 11.7. The van der Waals surface area contributed by atoms with Gasteiger partial charge in [-0.05, 0) is 44.4 Å². The van der Waals surface area contributed by atoms with Gasteiger partial charge >= 0.3 is 0 Å². The highest BCUT2D eigenvalue weighted by Gasteiger charge is 2.27. The van der Waals surface area contributed by atoms with E-state index in [0.29, 0.717) is 10.8 Å². The summed E-state index contributed by atoms with van der Waals surface area (Å²) in [7, 11) is -3.97. The third kappa shape index (κ3) is 6.11. The summed E-state index contributed by atoms with van der Waals surface area (Å²) in [4.78, 5) is 38.3. The zero-order chi connectivity index (χ0) is 25.8. The molecule has 0 saturated carbocycles. The molecule has 10 nitrogen and oxygen atoms in total. The Kier molecular flexibility index (Phi) is 8.03. The summed E-state index contributed by atoms with van der Waals surface area (Å²) < 4.78 is 29.2. The molecule has 0 radical (unpaired) electrons. The van der Waals surface area contributed by atoms with Crippen LogP contribution in [0.15, 0.2) is 58.2 Å². The summed E-state index contributed by atoms with van der Waals surface area (Å²) in [5.41, 5.74) is 5.13. The van der Waals surface area contributed by atoms with Crippen molar-refractivity contribution >= 4 is 32.6 Å². The minimum absolute atomic E-state index is 0.0131. The zero-order valence-corrected chi connectivity index (χ0v) is 20.8. The molecule has 1 heterocycles. The van der Waals surface area contributed by atoms with Crippen molar-refractivity contribution in [3.63, 3.8) is 0 Å². The lowest BCUT2D eigenvalue weighted by Crippen LogP contribution is -2.52. The largest absolute Gasteiger partial charge is 0.290 e. The molecular weight excluding hydrogens is 470 g/mol. The van der Waals surface area contributed by atoms with Gasteiger partial charge in [0.15, 0.2) is 5.69 Å². The highest BCUT2D eigenvalue weighted by molar-refractivity contribution is 7.89. The Labute approximate surface area is 203 Å². The molecule has 11 heteroatoms. The number of rotatable bonds is 8. The molecule has 0 aliphatic rings. The van der Waals surface area contributed by atoms with Crippen LogP contribution in [0, 0.1) is 12.8 Å². The number of hydrazine groups is 1. The van der Waals surface area contributed by atoms with Crippen LogP contribution in [0.3, 0.4) is 0 Å². The highest BCUT2D eigenvalue weighted by atomic mass is 32.2. The third-order valence-electron chi connectivity index (χ3n) is 5.33. The van der Waals surface area contributed by atoms with Crippen molar-refractivity contribution in [1.82, 2.24) is 25.4 Å². The van der Waals surface area contributed by atoms with Crippen LogP contribution in [0.25, 0.3) is 10.8 Å². The van der Waals surface area contributed by atoms with Crippen molar-refractivity contribution in [3.05, 3.63) is 70.1 Å². The second-order valence-corrected chi connectivity index (χ2v) is 10.3. The maximum atomic E-state index is 12.9. The lowest BCUT2D eigenvalue weighted by Gasteiger charge is -2.20. The first-order chi connectivity index (χ1) is 16.5. The van der Waals surface area contributed by atoms with E-state index in [0.717, 1.165) is 10.2 Å². The number of nitrogens with one attached hydrogen (secondary N) is 3. The third-order valence-corrected chi connectivity index (χ3v) is 6.82. The number of carbonyl (C=O) groups excluding carboxylic acids is 2. The maximum Gasteiger partial charge on any atom is 0.290 e. The van der Waals surface area contributed by atoms with Gasteiger partial charge < -0.3 is 0 Å². The number of nitrogens with zero attached hydrogens (tertiary/aromatic N) is 2. The monoisotopic (exact) mass is 499 g/mol. The van der Waals surface area contributed by atoms with Crippen molar-refractivity contribution < 1.29 is 18.0 Å². The molecule has 0 saturated heterocycles. The van der Waals surface area contributed by atoms with Crippen molar-refractivity contribution in [2.24, 2.45) is 5.92 Å². The molecule has 0 fully saturated rings. The second kappa shape index (κ2) is 10.8. The van der Waals surface area contributed by atoms with Gasteiger partial charge in [-0.25, -0.2) is 13.1 Å². The van der Waals surface area contributed by atoms with Crippen LogP contribution in [0.1, 0.15) is 43.2 Å². The van der Waals surface area contributed by atoms with E-state index < -0.39 is 27.9 Å². The van der Waals surface area contributed by atoms with Gasteiger partial charge in [0, 0.05) is 11.9 Å². The second-order valence-electron chi connectivity index (χ2n) is 8.57. The molecule has 1 aromatic heterocycles. The van der Waals surface area contributed by atoms with Gasteiger partial charge in [0.05, 0.1) is 10.3 Å². The maximum absolute atomic E-state index is 12.9. The number of sulfonamides is 1. The van der Waals surface area contributed by atoms with Crippen molar-refractivity contribution in [2.45, 2.75) is 51.6 Å². The predicted octanol–water partition coefficient (Wildman–Crippen LogP) is 1.88. The van der Waals surface area contributed by atoms with Gasteiger partial charge in [0.2, 0.25) is 10.0 Å². The van der Waals surface area contributed by atoms with Crippen LogP contribution in [-0.4, -0.2) is 36.1 Å². The predicted molar refractivity (Wildman–Crippen MR) is 132 cm³/mol. The van der Waals surface area contributed by atoms with E-state index in [1.807, 2.05) is 20.8 Å². The molecular formula is C24H29N5O5S. The fraction of sp³-hybridized carbons (Fsp3) is 0.333. The van der Waals surface area contributed by atoms with E-state index in [-0.39, 0.29) is 35.0 Å². The number of carbonyl (C=O) groups is 2. The smallest absolute Gasteiger partial charge is 0.271 e. The van der Waals surface area contributed by atoms with Crippen LogP contribution in [0.2, 0.25) is 0 Å². The molecule has 35 heavy (non-hydrogen) atoms. The number of aromatic nitrogens is 2. The molecule has 186 valence electrons. The van der Waals surface area contributed by atoms with Gasteiger partial charge in [0.1, 0.15) is 6.04 Å². The lowest BCUT2D eigenvalue weighted by molar-refractivity contribution is -0.123. The summed E-state index contributed by atoms with van der Waals surface area (Å²) in [6.07, 6.45) is 0.203. The zero-order valence-electron chi connectivity index (χ0n) is 20.0. The molecule has 0 unspecified atom stereocenters. The Balaban J connectivity index is 1.80. The molecule has 0 aliphatic carbocycles. The van der Waals surface area contributed by atoms with Gasteiger partial charge in [-0.15, -0.1) is 0 Å². The minimum Gasteiger partial charge on any atom is -0.271 e. The van der Waals surface area contributed by atoms with E-state index >= 15 is 0 Å². The first-order valence-corrected chi connectivity index (χ1v) is 12.7. The van der Waals surface area contributed by atoms with Gasteiger partial charge in [-0.1, -0.05) is 49.7 Å². The van der Waals surface area contributed by atoms with E-state index in [1.165, 1.54) is 12.1 Å². The quantitative estimate of drug-likeness (QED) is 0.405. The number of amides is 2. The molecule has 0 spiro atoms. The molecule has 3 rings (SSSR count). The number of benzene rings is 2. The van der Waals surface area contributed by atoms with E-state index in [2.05, 4.69) is 20.7 Å². The number of hydrogen-bond donors (Lipinski definition) is 3. The average molecular weight is 500 g/mol. The van der Waals surface area contributed by atoms with Gasteiger partial charge in [0.25, 0.3) is 17.4 Å². The fourth-order valence-electron chi connectivity index (χ4n) is 3.53. The molecule has 3 N–H and O–H groups in total. The van der Waals surface area contributed by atoms with Gasteiger partial charge in [-0.3, -0.25) is 25.2 Å². The first kappa shape index (κ1) is 26.0. The summed E-state index contributed by atoms with van der Waals surface area (Å²) in [5, 5.41) is 4.79. The standard InChI is InChI=1S/C24H29N5O5S/c1-5-29-24(32)19-9-7-6-8-18(19)21(27-29)23(31)26-25-22(30)20(14-15(2)3)28-35(33,34)17-12-10-16(4)11-13-17/h6-13,15,20,28H,5,14H2,1-4H3,(H,25,30)(H,26,31)/t20-/m1/s1. The summed E-state index contributed by atoms with van der Waals surface area (Å²) >= 11 is 0. The number of hydrogen-bond acceptors (Lipinski definition) is 6. The van der Waals surface area contributed by atoms with Crippen molar-refractivity contribution in [1.29, 1.82) is 0 Å². The van der Waals surface area contributed by atoms with E-state index in [9.17, 15) is 22.8 Å². The van der Waals surface area contributed by atoms with Crippen LogP contribution < -0.4 is 21.1 Å². The van der Waals surface area contributed by atoms with Crippen molar-refractivity contribution in [2.75, 3.05) is 0 Å². The Morgan fingerprint density at radius 2 is 1.63 bits per heavy atom. The number of aryl methyl sites for hydroxylation is 2. The van der Waals surface area contributed by atoms with E-state index in [1.54, 1.807) is 43.3 Å². The molecule has 1 atom stereocenters. The van der Waals surface area contributed by atoms with Crippen LogP contribution in [0.5, 0.6) is 0 Å². The van der Waals surface area contributed by atoms with Crippen LogP contribution in [0.4, 0.5) is 0 Å². The number of fused-ring (bicyclic) bond motifs is 1. The topological polar surface area (TPSA) is 139 Å². The van der Waals surface area contributed by atoms with Crippen molar-refractivity contribution in [3.8, 4) is 0 Å². The molecule has 0 aliphatic heterocycles. The first-order valence-electron chi connectivity index (χ1n) is 11.2. The Morgan fingerprint density at radius 1 is 1.00 bits per heavy atom. The SMILES string of the molecule is CCn1nc(C(=O)NNC(=O)[C@@H](CC(C)C)NS(=O)(=O)c2ccc(C)cc2)c2ccccc2c1=O. The van der Waals surface area contributed by atoms with Crippen LogP contribution in [-0.2, 0) is 21.4 Å². The molecule has 0 bridgehead atoms. The normalized spacial score (nSPS) is 12.5. The van der Waals surface area contributed by atoms with Crippen LogP contribution >= 0.6 is 0 Å². The Bertz CT molecular complexity index is 1400. The lowest BCUT2D eigenvalue weighted by atomic mass is 10.0. The fourth-order valence-corrected chi connectivity index (χ4v) is 4.74. The summed E-state index contributed by atoms with van der Waals surface area (Å²) in [6.45, 7) is 7.52. The summed E-state index contributed by atoms with van der Waals surface area (Å²) in [5.74, 6) is -1.47. The van der Waals surface area contributed by atoms with Gasteiger partial charge in [-0.2, -0.15) is 9.82 Å². The molecule has 2 amide bonds.